The predicted molar refractivity (Wildman–Crippen MR) is 119 cm³/mol. The SMILES string of the molecule is Cc1ccc(N(C=C(C=C[CH]=[W])c2cccc(C)c2)c2cccc(C)c2)cc1. The molecule has 1 nitrogen and oxygen atoms in total. The van der Waals surface area contributed by atoms with Gasteiger partial charge in [-0.25, -0.2) is 0 Å². The van der Waals surface area contributed by atoms with E-state index >= 15 is 0 Å². The molecule has 0 heterocycles. The van der Waals surface area contributed by atoms with E-state index in [0.717, 1.165) is 11.4 Å². The zero-order valence-electron chi connectivity index (χ0n) is 16.6. The summed E-state index contributed by atoms with van der Waals surface area (Å²) in [5.41, 5.74) is 8.50. The van der Waals surface area contributed by atoms with Gasteiger partial charge in [-0.05, 0) is 0 Å². The second kappa shape index (κ2) is 9.62. The van der Waals surface area contributed by atoms with Gasteiger partial charge in [0.05, 0.1) is 0 Å². The molecule has 0 radical (unpaired) electrons. The Morgan fingerprint density at radius 3 is 2.07 bits per heavy atom. The molecule has 0 saturated heterocycles. The zero-order chi connectivity index (χ0) is 19.9. The molecule has 0 aliphatic rings. The molecule has 3 aromatic rings. The molecule has 0 unspecified atom stereocenters. The molecule has 28 heavy (non-hydrogen) atoms. The van der Waals surface area contributed by atoms with Crippen LogP contribution in [0.5, 0.6) is 0 Å². The van der Waals surface area contributed by atoms with Crippen LogP contribution in [0.3, 0.4) is 0 Å². The maximum atomic E-state index is 2.27. The molecule has 0 bridgehead atoms. The van der Waals surface area contributed by atoms with Crippen molar-refractivity contribution in [2.75, 3.05) is 4.90 Å². The number of rotatable bonds is 6. The Bertz CT molecular complexity index is 1010. The standard InChI is InChI=1S/C26H25N.W/c1-5-8-24(23-11-6-9-21(3)17-23)19-27(25-15-13-20(2)14-16-25)26-12-7-10-22(4)18-26;/h1,5-19H,2-4H3;. The summed E-state index contributed by atoms with van der Waals surface area (Å²) >= 11 is 1.45. The molecule has 0 fully saturated rings. The van der Waals surface area contributed by atoms with Crippen molar-refractivity contribution in [2.45, 2.75) is 20.8 Å². The second-order valence-corrected chi connectivity index (χ2v) is 7.97. The van der Waals surface area contributed by atoms with Crippen molar-refractivity contribution in [1.29, 1.82) is 0 Å². The van der Waals surface area contributed by atoms with Crippen molar-refractivity contribution in [1.82, 2.24) is 0 Å². The van der Waals surface area contributed by atoms with Crippen LogP contribution in [-0.2, 0) is 19.4 Å². The second-order valence-electron chi connectivity index (χ2n) is 6.99. The number of hydrogen-bond donors (Lipinski definition) is 0. The van der Waals surface area contributed by atoms with Gasteiger partial charge in [-0.3, -0.25) is 0 Å². The molecule has 3 aromatic carbocycles. The molecule has 0 aliphatic heterocycles. The number of benzene rings is 3. The summed E-state index contributed by atoms with van der Waals surface area (Å²) in [7, 11) is 0. The molecule has 0 aliphatic carbocycles. The first kappa shape index (κ1) is 20.2. The van der Waals surface area contributed by atoms with Gasteiger partial charge in [0.1, 0.15) is 0 Å². The summed E-state index contributed by atoms with van der Waals surface area (Å²) in [6.45, 7) is 6.40. The summed E-state index contributed by atoms with van der Waals surface area (Å²) in [4.78, 5) is 2.27. The molecule has 0 spiro atoms. The predicted octanol–water partition coefficient (Wildman–Crippen LogP) is 6.70. The Kier molecular flexibility index (Phi) is 6.95. The third kappa shape index (κ3) is 5.27. The number of anilines is 2. The van der Waals surface area contributed by atoms with Gasteiger partial charge in [-0.2, -0.15) is 0 Å². The molecule has 0 saturated carbocycles. The molecule has 0 amide bonds. The Hall–Kier alpha value is -2.50. The van der Waals surface area contributed by atoms with E-state index in [0.29, 0.717) is 0 Å². The molecule has 140 valence electrons. The van der Waals surface area contributed by atoms with E-state index in [1.807, 2.05) is 0 Å². The summed E-state index contributed by atoms with van der Waals surface area (Å²) in [5, 5.41) is 0. The van der Waals surface area contributed by atoms with Crippen LogP contribution in [0, 0.1) is 20.8 Å². The van der Waals surface area contributed by atoms with E-state index in [-0.39, 0.29) is 0 Å². The van der Waals surface area contributed by atoms with Crippen LogP contribution in [0.25, 0.3) is 5.57 Å². The Labute approximate surface area is 179 Å². The average molecular weight is 535 g/mol. The third-order valence-corrected chi connectivity index (χ3v) is 5.13. The molecular weight excluding hydrogens is 510 g/mol. The first-order valence-corrected chi connectivity index (χ1v) is 11.1. The fraction of sp³-hybridized carbons (Fsp3) is 0.115. The fourth-order valence-corrected chi connectivity index (χ4v) is 3.38. The van der Waals surface area contributed by atoms with Gasteiger partial charge in [-0.15, -0.1) is 0 Å². The van der Waals surface area contributed by atoms with Gasteiger partial charge in [0.15, 0.2) is 0 Å². The van der Waals surface area contributed by atoms with Crippen molar-refractivity contribution < 1.29 is 19.4 Å². The van der Waals surface area contributed by atoms with Crippen LogP contribution in [0.15, 0.2) is 91.1 Å². The number of hydrogen-bond acceptors (Lipinski definition) is 1. The van der Waals surface area contributed by atoms with Crippen LogP contribution in [0.4, 0.5) is 11.4 Å². The van der Waals surface area contributed by atoms with E-state index in [1.54, 1.807) is 0 Å². The van der Waals surface area contributed by atoms with Gasteiger partial charge >= 0.3 is 180 Å². The first-order valence-electron chi connectivity index (χ1n) is 9.40. The Morgan fingerprint density at radius 2 is 1.43 bits per heavy atom. The minimum absolute atomic E-state index is 1.15. The molecule has 3 rings (SSSR count). The summed E-state index contributed by atoms with van der Waals surface area (Å²) in [6.07, 6.45) is 6.56. The molecular formula is C26H25NW. The molecule has 2 heteroatoms. The number of nitrogens with zero attached hydrogens (tertiary/aromatic N) is 1. The minimum atomic E-state index is 1.15. The van der Waals surface area contributed by atoms with Crippen molar-refractivity contribution in [3.8, 4) is 0 Å². The van der Waals surface area contributed by atoms with Crippen molar-refractivity contribution >= 4 is 21.3 Å². The van der Waals surface area contributed by atoms with Gasteiger partial charge < -0.3 is 0 Å². The quantitative estimate of drug-likeness (QED) is 0.318. The topological polar surface area (TPSA) is 3.24 Å². The van der Waals surface area contributed by atoms with Crippen LogP contribution in [-0.4, -0.2) is 4.40 Å². The number of allylic oxidation sites excluding steroid dienone is 3. The van der Waals surface area contributed by atoms with Gasteiger partial charge in [0.2, 0.25) is 0 Å². The van der Waals surface area contributed by atoms with Crippen LogP contribution in [0.2, 0.25) is 0 Å². The monoisotopic (exact) mass is 535 g/mol. The van der Waals surface area contributed by atoms with E-state index in [9.17, 15) is 0 Å². The van der Waals surface area contributed by atoms with Crippen LogP contribution >= 0.6 is 0 Å². The summed E-state index contributed by atoms with van der Waals surface area (Å²) in [6, 6.07) is 26.0. The van der Waals surface area contributed by atoms with E-state index < -0.39 is 0 Å². The van der Waals surface area contributed by atoms with Gasteiger partial charge in [-0.1, -0.05) is 0 Å². The third-order valence-electron chi connectivity index (χ3n) is 4.57. The Morgan fingerprint density at radius 1 is 0.750 bits per heavy atom. The zero-order valence-corrected chi connectivity index (χ0v) is 19.5. The molecule has 0 atom stereocenters. The van der Waals surface area contributed by atoms with E-state index in [2.05, 4.69) is 121 Å². The van der Waals surface area contributed by atoms with E-state index in [4.69, 9.17) is 0 Å². The van der Waals surface area contributed by atoms with Crippen molar-refractivity contribution in [3.05, 3.63) is 113 Å². The van der Waals surface area contributed by atoms with Gasteiger partial charge in [0, 0.05) is 0 Å². The summed E-state index contributed by atoms with van der Waals surface area (Å²) in [5.74, 6) is 0. The van der Waals surface area contributed by atoms with Crippen molar-refractivity contribution in [3.63, 3.8) is 0 Å². The summed E-state index contributed by atoms with van der Waals surface area (Å²) < 4.78 is 2.15. The maximum absolute atomic E-state index is 2.27. The van der Waals surface area contributed by atoms with E-state index in [1.165, 1.54) is 47.2 Å². The first-order chi connectivity index (χ1) is 13.6. The average Bonchev–Trinajstić information content (AvgIpc) is 2.69. The van der Waals surface area contributed by atoms with Gasteiger partial charge in [0.25, 0.3) is 0 Å². The molecule has 0 aromatic heterocycles. The van der Waals surface area contributed by atoms with Crippen LogP contribution < -0.4 is 4.90 Å². The number of aryl methyl sites for hydroxylation is 3. The normalized spacial score (nSPS) is 11.6. The Balaban J connectivity index is 2.17. The van der Waals surface area contributed by atoms with Crippen LogP contribution in [0.1, 0.15) is 22.3 Å². The molecule has 0 N–H and O–H groups in total. The fourth-order valence-electron chi connectivity index (χ4n) is 3.10. The van der Waals surface area contributed by atoms with Crippen molar-refractivity contribution in [2.24, 2.45) is 0 Å².